The summed E-state index contributed by atoms with van der Waals surface area (Å²) in [7, 11) is 1.63. The lowest BCUT2D eigenvalue weighted by Gasteiger charge is -2.14. The lowest BCUT2D eigenvalue weighted by molar-refractivity contribution is -0.118. The third kappa shape index (κ3) is 3.72. The van der Waals surface area contributed by atoms with Gasteiger partial charge in [0.05, 0.1) is 13.2 Å². The summed E-state index contributed by atoms with van der Waals surface area (Å²) in [5, 5.41) is 11.6. The van der Waals surface area contributed by atoms with Crippen LogP contribution in [0.3, 0.4) is 0 Å². The molecule has 0 heterocycles. The van der Waals surface area contributed by atoms with Crippen LogP contribution < -0.4 is 10.1 Å². The highest BCUT2D eigenvalue weighted by Crippen LogP contribution is 2.29. The van der Waals surface area contributed by atoms with Crippen LogP contribution in [-0.4, -0.2) is 13.0 Å². The Balaban J connectivity index is 2.95. The van der Waals surface area contributed by atoms with Gasteiger partial charge in [-0.1, -0.05) is 20.8 Å². The highest BCUT2D eigenvalue weighted by molar-refractivity contribution is 5.94. The average molecular weight is 260 g/mol. The Hall–Kier alpha value is -2.02. The number of nitriles is 1. The van der Waals surface area contributed by atoms with Gasteiger partial charge in [-0.15, -0.1) is 0 Å². The molecular formula is C15H20N2O2. The van der Waals surface area contributed by atoms with Crippen molar-refractivity contribution in [2.45, 2.75) is 33.1 Å². The molecule has 1 rings (SSSR count). The van der Waals surface area contributed by atoms with Crippen molar-refractivity contribution in [2.75, 3.05) is 12.4 Å². The number of amides is 1. The minimum absolute atomic E-state index is 0.259. The summed E-state index contributed by atoms with van der Waals surface area (Å²) < 4.78 is 5.29. The van der Waals surface area contributed by atoms with Gasteiger partial charge in [0, 0.05) is 5.69 Å². The first-order valence-electron chi connectivity index (χ1n) is 6.41. The number of hydrogen-bond donors (Lipinski definition) is 1. The van der Waals surface area contributed by atoms with E-state index in [2.05, 4.69) is 19.2 Å². The quantitative estimate of drug-likeness (QED) is 0.883. The summed E-state index contributed by atoms with van der Waals surface area (Å²) >= 11 is 0. The molecule has 0 aliphatic rings. The normalized spacial score (nSPS) is 11.8. The molecule has 0 aliphatic heterocycles. The van der Waals surface area contributed by atoms with E-state index < -0.39 is 5.92 Å². The molecule has 0 aromatic heterocycles. The molecule has 0 radical (unpaired) electrons. The van der Waals surface area contributed by atoms with Crippen LogP contribution in [0, 0.1) is 17.2 Å². The first-order valence-corrected chi connectivity index (χ1v) is 6.41. The molecule has 0 spiro atoms. The van der Waals surface area contributed by atoms with Gasteiger partial charge >= 0.3 is 0 Å². The molecule has 0 fully saturated rings. The highest BCUT2D eigenvalue weighted by atomic mass is 16.5. The number of hydrogen-bond acceptors (Lipinski definition) is 3. The zero-order chi connectivity index (χ0) is 14.4. The Kier molecular flexibility index (Phi) is 5.37. The smallest absolute Gasteiger partial charge is 0.241 e. The van der Waals surface area contributed by atoms with Gasteiger partial charge in [-0.05, 0) is 36.1 Å². The molecular weight excluding hydrogens is 240 g/mol. The maximum atomic E-state index is 11.8. The van der Waals surface area contributed by atoms with Crippen molar-refractivity contribution in [3.8, 4) is 11.8 Å². The Morgan fingerprint density at radius 3 is 2.63 bits per heavy atom. The lowest BCUT2D eigenvalue weighted by atomic mass is 10.0. The Morgan fingerprint density at radius 1 is 1.47 bits per heavy atom. The van der Waals surface area contributed by atoms with Crippen LogP contribution in [-0.2, 0) is 4.79 Å². The predicted octanol–water partition coefficient (Wildman–Crippen LogP) is 3.31. The maximum absolute atomic E-state index is 11.8. The molecule has 0 bridgehead atoms. The molecule has 1 N–H and O–H groups in total. The number of benzene rings is 1. The molecule has 0 aliphatic carbocycles. The summed E-state index contributed by atoms with van der Waals surface area (Å²) in [6, 6.07) is 7.51. The molecule has 0 saturated heterocycles. The van der Waals surface area contributed by atoms with Crippen LogP contribution in [0.15, 0.2) is 18.2 Å². The fourth-order valence-corrected chi connectivity index (χ4v) is 1.83. The number of ether oxygens (including phenoxy) is 1. The molecule has 1 unspecified atom stereocenters. The van der Waals surface area contributed by atoms with Crippen LogP contribution >= 0.6 is 0 Å². The van der Waals surface area contributed by atoms with Crippen LogP contribution in [0.1, 0.15) is 38.7 Å². The second-order valence-electron chi connectivity index (χ2n) is 4.69. The van der Waals surface area contributed by atoms with Gasteiger partial charge in [0.1, 0.15) is 11.7 Å². The largest absolute Gasteiger partial charge is 0.496 e. The molecule has 1 aromatic carbocycles. The van der Waals surface area contributed by atoms with Crippen LogP contribution in [0.25, 0.3) is 0 Å². The number of nitrogens with zero attached hydrogens (tertiary/aromatic N) is 1. The van der Waals surface area contributed by atoms with Gasteiger partial charge in [0.15, 0.2) is 0 Å². The van der Waals surface area contributed by atoms with Crippen molar-refractivity contribution in [3.63, 3.8) is 0 Å². The summed E-state index contributed by atoms with van der Waals surface area (Å²) in [6.07, 6.45) is 0.509. The maximum Gasteiger partial charge on any atom is 0.241 e. The first kappa shape index (κ1) is 15.0. The summed E-state index contributed by atoms with van der Waals surface area (Å²) in [4.78, 5) is 11.8. The number of nitrogens with one attached hydrogen (secondary N) is 1. The summed E-state index contributed by atoms with van der Waals surface area (Å²) in [6.45, 7) is 5.95. The van der Waals surface area contributed by atoms with Crippen molar-refractivity contribution >= 4 is 11.6 Å². The number of rotatable bonds is 5. The standard InChI is InChI=1S/C15H20N2O2/c1-5-11(9-16)15(18)17-12-6-7-14(19-4)13(8-12)10(2)3/h6-8,10-11H,5H2,1-4H3,(H,17,18). The minimum atomic E-state index is -0.607. The average Bonchev–Trinajstić information content (AvgIpc) is 2.40. The van der Waals surface area contributed by atoms with E-state index in [9.17, 15) is 4.79 Å². The topological polar surface area (TPSA) is 62.1 Å². The van der Waals surface area contributed by atoms with E-state index in [1.165, 1.54) is 0 Å². The first-order chi connectivity index (χ1) is 9.03. The van der Waals surface area contributed by atoms with Crippen molar-refractivity contribution in [1.29, 1.82) is 5.26 Å². The van der Waals surface area contributed by atoms with Gasteiger partial charge in [-0.3, -0.25) is 4.79 Å². The van der Waals surface area contributed by atoms with Crippen molar-refractivity contribution in [1.82, 2.24) is 0 Å². The molecule has 1 amide bonds. The van der Waals surface area contributed by atoms with Gasteiger partial charge in [-0.25, -0.2) is 0 Å². The van der Waals surface area contributed by atoms with Crippen LogP contribution in [0.4, 0.5) is 5.69 Å². The number of methoxy groups -OCH3 is 1. The molecule has 4 heteroatoms. The summed E-state index contributed by atoms with van der Waals surface area (Å²) in [5.41, 5.74) is 1.73. The van der Waals surface area contributed by atoms with E-state index in [4.69, 9.17) is 10.00 Å². The Morgan fingerprint density at radius 2 is 2.16 bits per heavy atom. The second-order valence-corrected chi connectivity index (χ2v) is 4.69. The fraction of sp³-hybridized carbons (Fsp3) is 0.467. The Labute approximate surface area is 114 Å². The van der Waals surface area contributed by atoms with E-state index in [0.717, 1.165) is 11.3 Å². The zero-order valence-corrected chi connectivity index (χ0v) is 11.9. The summed E-state index contributed by atoms with van der Waals surface area (Å²) in [5.74, 6) is 0.236. The van der Waals surface area contributed by atoms with Crippen LogP contribution in [0.5, 0.6) is 5.75 Å². The molecule has 0 saturated carbocycles. The number of anilines is 1. The molecule has 1 atom stereocenters. The van der Waals surface area contributed by atoms with Crippen molar-refractivity contribution < 1.29 is 9.53 Å². The SMILES string of the molecule is CCC(C#N)C(=O)Nc1ccc(OC)c(C(C)C)c1. The van der Waals surface area contributed by atoms with E-state index in [1.807, 2.05) is 25.1 Å². The second kappa shape index (κ2) is 6.79. The van der Waals surface area contributed by atoms with Gasteiger partial charge in [-0.2, -0.15) is 5.26 Å². The lowest BCUT2D eigenvalue weighted by Crippen LogP contribution is -2.21. The van der Waals surface area contributed by atoms with E-state index in [0.29, 0.717) is 18.0 Å². The third-order valence-electron chi connectivity index (χ3n) is 3.00. The molecule has 19 heavy (non-hydrogen) atoms. The van der Waals surface area contributed by atoms with Gasteiger partial charge < -0.3 is 10.1 Å². The van der Waals surface area contributed by atoms with E-state index in [1.54, 1.807) is 13.2 Å². The number of carbonyl (C=O) groups excluding carboxylic acids is 1. The van der Waals surface area contributed by atoms with Crippen molar-refractivity contribution in [3.05, 3.63) is 23.8 Å². The predicted molar refractivity (Wildman–Crippen MR) is 75.1 cm³/mol. The van der Waals surface area contributed by atoms with Gasteiger partial charge in [0.25, 0.3) is 0 Å². The minimum Gasteiger partial charge on any atom is -0.496 e. The Bertz CT molecular complexity index is 489. The van der Waals surface area contributed by atoms with Crippen molar-refractivity contribution in [2.24, 2.45) is 5.92 Å². The van der Waals surface area contributed by atoms with E-state index >= 15 is 0 Å². The number of carbonyl (C=O) groups is 1. The highest BCUT2D eigenvalue weighted by Gasteiger charge is 2.16. The third-order valence-corrected chi connectivity index (χ3v) is 3.00. The molecule has 102 valence electrons. The molecule has 1 aromatic rings. The fourth-order valence-electron chi connectivity index (χ4n) is 1.83. The molecule has 4 nitrogen and oxygen atoms in total. The van der Waals surface area contributed by atoms with Gasteiger partial charge in [0.2, 0.25) is 5.91 Å². The zero-order valence-electron chi connectivity index (χ0n) is 11.9. The van der Waals surface area contributed by atoms with E-state index in [-0.39, 0.29) is 5.91 Å². The van der Waals surface area contributed by atoms with Crippen LogP contribution in [0.2, 0.25) is 0 Å². The monoisotopic (exact) mass is 260 g/mol.